The van der Waals surface area contributed by atoms with E-state index in [1.165, 1.54) is 12.1 Å². The number of nitrogens with one attached hydrogen (secondary N) is 1. The third-order valence-electron chi connectivity index (χ3n) is 4.51. The van der Waals surface area contributed by atoms with Gasteiger partial charge in [-0.1, -0.05) is 30.3 Å². The average molecular weight is 313 g/mol. The average Bonchev–Trinajstić information content (AvgIpc) is 3.03. The fourth-order valence-corrected chi connectivity index (χ4v) is 3.41. The molecule has 0 spiro atoms. The van der Waals surface area contributed by atoms with Crippen LogP contribution in [0.1, 0.15) is 29.2 Å². The Morgan fingerprint density at radius 1 is 1.04 bits per heavy atom. The molecule has 1 aliphatic carbocycles. The summed E-state index contributed by atoms with van der Waals surface area (Å²) >= 11 is 0. The monoisotopic (exact) mass is 313 g/mol. The maximum Gasteiger partial charge on any atom is 0.416 e. The van der Waals surface area contributed by atoms with Crippen LogP contribution in [0.25, 0.3) is 5.57 Å². The van der Waals surface area contributed by atoms with Crippen molar-refractivity contribution in [2.24, 2.45) is 5.92 Å². The first-order chi connectivity index (χ1) is 11.0. The molecule has 0 bridgehead atoms. The second kappa shape index (κ2) is 5.04. The predicted molar refractivity (Wildman–Crippen MR) is 83.8 cm³/mol. The Labute approximate surface area is 132 Å². The normalized spacial score (nSPS) is 22.1. The summed E-state index contributed by atoms with van der Waals surface area (Å²) in [5.74, 6) is 0.119. The fourth-order valence-electron chi connectivity index (χ4n) is 3.41. The molecule has 1 heterocycles. The Morgan fingerprint density at radius 3 is 2.57 bits per heavy atom. The summed E-state index contributed by atoms with van der Waals surface area (Å²) in [6.07, 6.45) is -1.62. The van der Waals surface area contributed by atoms with E-state index < -0.39 is 11.7 Å². The van der Waals surface area contributed by atoms with Gasteiger partial charge in [-0.25, -0.2) is 0 Å². The maximum atomic E-state index is 13.0. The molecule has 1 aliphatic heterocycles. The van der Waals surface area contributed by atoms with Crippen molar-refractivity contribution in [2.45, 2.75) is 18.6 Å². The highest BCUT2D eigenvalue weighted by molar-refractivity contribution is 5.83. The van der Waals surface area contributed by atoms with Crippen molar-refractivity contribution in [3.05, 3.63) is 77.0 Å². The van der Waals surface area contributed by atoms with Crippen LogP contribution in [0.2, 0.25) is 0 Å². The highest BCUT2D eigenvalue weighted by Crippen LogP contribution is 2.48. The molecule has 23 heavy (non-hydrogen) atoms. The molecule has 0 saturated carbocycles. The summed E-state index contributed by atoms with van der Waals surface area (Å²) in [6, 6.07) is 13.9. The van der Waals surface area contributed by atoms with Gasteiger partial charge in [-0.05, 0) is 36.3 Å². The van der Waals surface area contributed by atoms with Crippen molar-refractivity contribution in [3.63, 3.8) is 0 Å². The molecule has 116 valence electrons. The van der Waals surface area contributed by atoms with Gasteiger partial charge in [0.1, 0.15) is 0 Å². The van der Waals surface area contributed by atoms with E-state index in [1.807, 2.05) is 36.4 Å². The van der Waals surface area contributed by atoms with Crippen molar-refractivity contribution in [3.8, 4) is 0 Å². The summed E-state index contributed by atoms with van der Waals surface area (Å²) < 4.78 is 39.0. The molecule has 1 nitrogen and oxygen atoms in total. The van der Waals surface area contributed by atoms with Crippen molar-refractivity contribution >= 4 is 11.3 Å². The number of benzene rings is 2. The molecule has 2 aromatic carbocycles. The van der Waals surface area contributed by atoms with Crippen LogP contribution in [0.4, 0.5) is 18.9 Å². The lowest BCUT2D eigenvalue weighted by atomic mass is 9.80. The van der Waals surface area contributed by atoms with Crippen LogP contribution in [0, 0.1) is 5.92 Å². The highest BCUT2D eigenvalue weighted by Gasteiger charge is 2.37. The van der Waals surface area contributed by atoms with Gasteiger partial charge >= 0.3 is 6.18 Å². The number of hydrogen-bond donors (Lipinski definition) is 1. The highest BCUT2D eigenvalue weighted by atomic mass is 19.4. The topological polar surface area (TPSA) is 12.0 Å². The van der Waals surface area contributed by atoms with Gasteiger partial charge in [0.2, 0.25) is 0 Å². The van der Waals surface area contributed by atoms with Crippen LogP contribution in [0.15, 0.2) is 60.3 Å². The maximum absolute atomic E-state index is 13.0. The number of halogens is 3. The molecule has 0 fully saturated rings. The number of anilines is 1. The molecular weight excluding hydrogens is 299 g/mol. The first-order valence-corrected chi connectivity index (χ1v) is 7.52. The van der Waals surface area contributed by atoms with Gasteiger partial charge in [-0.2, -0.15) is 13.2 Å². The van der Waals surface area contributed by atoms with Gasteiger partial charge < -0.3 is 5.32 Å². The zero-order chi connectivity index (χ0) is 16.0. The van der Waals surface area contributed by atoms with Gasteiger partial charge in [0.05, 0.1) is 11.6 Å². The first kappa shape index (κ1) is 14.2. The molecule has 0 radical (unpaired) electrons. The SMILES string of the molecule is FC(F)(F)c1ccc2c(c1)C1=C=CC[C@H]1[C@@H](c1ccccc1)N2. The van der Waals surface area contributed by atoms with Crippen LogP contribution in [0.3, 0.4) is 0 Å². The van der Waals surface area contributed by atoms with E-state index in [-0.39, 0.29) is 12.0 Å². The Balaban J connectivity index is 1.81. The second-order valence-electron chi connectivity index (χ2n) is 5.90. The minimum Gasteiger partial charge on any atom is -0.377 e. The van der Waals surface area contributed by atoms with Crippen molar-refractivity contribution in [2.75, 3.05) is 5.32 Å². The van der Waals surface area contributed by atoms with Crippen molar-refractivity contribution in [1.82, 2.24) is 0 Å². The van der Waals surface area contributed by atoms with Gasteiger partial charge in [-0.15, -0.1) is 5.73 Å². The van der Waals surface area contributed by atoms with Crippen molar-refractivity contribution in [1.29, 1.82) is 0 Å². The minimum absolute atomic E-state index is 0.0571. The number of fused-ring (bicyclic) bond motifs is 3. The summed E-state index contributed by atoms with van der Waals surface area (Å²) in [7, 11) is 0. The van der Waals surface area contributed by atoms with Gasteiger partial charge in [-0.3, -0.25) is 0 Å². The lowest BCUT2D eigenvalue weighted by Gasteiger charge is -2.34. The number of hydrogen-bond acceptors (Lipinski definition) is 1. The van der Waals surface area contributed by atoms with E-state index in [9.17, 15) is 13.2 Å². The number of rotatable bonds is 1. The van der Waals surface area contributed by atoms with Crippen LogP contribution >= 0.6 is 0 Å². The molecule has 0 amide bonds. The van der Waals surface area contributed by atoms with Gasteiger partial charge in [0.25, 0.3) is 0 Å². The van der Waals surface area contributed by atoms with Crippen molar-refractivity contribution < 1.29 is 13.2 Å². The smallest absolute Gasteiger partial charge is 0.377 e. The van der Waals surface area contributed by atoms with E-state index in [4.69, 9.17) is 0 Å². The van der Waals surface area contributed by atoms with E-state index >= 15 is 0 Å². The molecule has 4 rings (SSSR count). The summed E-state index contributed by atoms with van der Waals surface area (Å²) in [6.45, 7) is 0. The molecule has 2 atom stereocenters. The predicted octanol–water partition coefficient (Wildman–Crippen LogP) is 5.43. The first-order valence-electron chi connectivity index (χ1n) is 7.52. The standard InChI is InChI=1S/C19H14F3N/c20-19(21,22)13-9-10-17-16(11-13)14-7-4-8-15(14)18(23-17)12-5-2-1-3-6-12/h1-6,9-11,15,18,23H,8H2/t15-,18-/m1/s1. The van der Waals surface area contributed by atoms with E-state index in [1.54, 1.807) is 0 Å². The Morgan fingerprint density at radius 2 is 1.83 bits per heavy atom. The molecule has 0 saturated heterocycles. The summed E-state index contributed by atoms with van der Waals surface area (Å²) in [4.78, 5) is 0. The van der Waals surface area contributed by atoms with Crippen LogP contribution < -0.4 is 5.32 Å². The second-order valence-corrected chi connectivity index (χ2v) is 5.90. The van der Waals surface area contributed by atoms with Gasteiger partial charge in [0, 0.05) is 22.7 Å². The third kappa shape index (κ3) is 2.36. The Hall–Kier alpha value is -2.45. The lowest BCUT2D eigenvalue weighted by Crippen LogP contribution is -2.26. The molecular formula is C19H14F3N. The molecule has 2 aliphatic rings. The quantitative estimate of drug-likeness (QED) is 0.692. The van der Waals surface area contributed by atoms with Crippen LogP contribution in [-0.4, -0.2) is 0 Å². The lowest BCUT2D eigenvalue weighted by molar-refractivity contribution is -0.137. The van der Waals surface area contributed by atoms with Gasteiger partial charge in [0.15, 0.2) is 0 Å². The molecule has 4 heteroatoms. The molecule has 0 aromatic heterocycles. The third-order valence-corrected chi connectivity index (χ3v) is 4.51. The van der Waals surface area contributed by atoms with E-state index in [0.717, 1.165) is 29.3 Å². The largest absolute Gasteiger partial charge is 0.416 e. The minimum atomic E-state index is -4.33. The Bertz CT molecular complexity index is 814. The molecule has 0 unspecified atom stereocenters. The van der Waals surface area contributed by atoms with E-state index in [2.05, 4.69) is 11.0 Å². The summed E-state index contributed by atoms with van der Waals surface area (Å²) in [5.41, 5.74) is 5.93. The van der Waals surface area contributed by atoms with Crippen LogP contribution in [-0.2, 0) is 6.18 Å². The zero-order valence-electron chi connectivity index (χ0n) is 12.2. The van der Waals surface area contributed by atoms with E-state index in [0.29, 0.717) is 5.56 Å². The fraction of sp³-hybridized carbons (Fsp3) is 0.211. The number of alkyl halides is 3. The molecule has 1 N–H and O–H groups in total. The Kier molecular flexibility index (Phi) is 3.10. The molecule has 2 aromatic rings. The summed E-state index contributed by atoms with van der Waals surface area (Å²) in [5, 5.41) is 3.42. The zero-order valence-corrected chi connectivity index (χ0v) is 12.2. The van der Waals surface area contributed by atoms with Crippen LogP contribution in [0.5, 0.6) is 0 Å².